The number of ether oxygens (including phenoxy) is 1. The molecule has 2 heterocycles. The molecular weight excluding hydrogens is 354 g/mol. The van der Waals surface area contributed by atoms with Crippen molar-refractivity contribution in [3.05, 3.63) is 79.2 Å². The van der Waals surface area contributed by atoms with Crippen molar-refractivity contribution < 1.29 is 18.9 Å². The molecule has 0 radical (unpaired) electrons. The number of non-ortho nitro benzene ring substituents is 1. The second-order valence-electron chi connectivity index (χ2n) is 5.83. The molecule has 0 amide bonds. The van der Waals surface area contributed by atoms with E-state index in [1.165, 1.54) is 31.2 Å². The summed E-state index contributed by atoms with van der Waals surface area (Å²) in [6.07, 6.45) is 0. The highest BCUT2D eigenvalue weighted by molar-refractivity contribution is 5.97. The fourth-order valence-electron chi connectivity index (χ4n) is 2.76. The molecule has 136 valence electrons. The van der Waals surface area contributed by atoms with E-state index < -0.39 is 22.4 Å². The number of nitrogens with one attached hydrogen (secondary N) is 1. The quantitative estimate of drug-likeness (QED) is 0.378. The van der Waals surface area contributed by atoms with Gasteiger partial charge in [0.15, 0.2) is 11.4 Å². The Morgan fingerprint density at radius 3 is 2.74 bits per heavy atom. The number of aryl methyl sites for hydroxylation is 1. The van der Waals surface area contributed by atoms with Crippen LogP contribution >= 0.6 is 0 Å². The number of allylic oxidation sites excluding steroid dienone is 1. The number of carbonyl (C=O) groups is 1. The fourth-order valence-corrected chi connectivity index (χ4v) is 2.76. The summed E-state index contributed by atoms with van der Waals surface area (Å²) in [6.45, 7) is 2.76. The largest absolute Gasteiger partial charge is 0.439 e. The van der Waals surface area contributed by atoms with Crippen LogP contribution in [0.5, 0.6) is 5.75 Å². The van der Waals surface area contributed by atoms with E-state index in [1.54, 1.807) is 19.1 Å². The number of nitriles is 1. The predicted octanol–water partition coefficient (Wildman–Crippen LogP) is 2.25. The van der Waals surface area contributed by atoms with Gasteiger partial charge in [0, 0.05) is 25.1 Å². The van der Waals surface area contributed by atoms with Crippen LogP contribution in [0.1, 0.15) is 29.9 Å². The lowest BCUT2D eigenvalue weighted by molar-refractivity contribution is -0.384. The summed E-state index contributed by atoms with van der Waals surface area (Å²) in [6, 6.07) is 7.98. The number of hydrogen-bond donors (Lipinski definition) is 1. The molecule has 0 saturated carbocycles. The van der Waals surface area contributed by atoms with Gasteiger partial charge in [-0.15, -0.1) is 0 Å². The van der Waals surface area contributed by atoms with Gasteiger partial charge in [-0.1, -0.05) is 12.1 Å². The average molecular weight is 367 g/mol. The molecule has 1 N–H and O–H groups in total. The van der Waals surface area contributed by atoms with Crippen molar-refractivity contribution in [1.29, 1.82) is 5.26 Å². The molecule has 1 unspecified atom stereocenters. The minimum atomic E-state index is -0.900. The SMILES string of the molecule is CC(=O)/C(C#N)=C1\NC(c2cccc([N+](=O)[O-])c2)c2c(cc(C)oc2=O)O1. The minimum Gasteiger partial charge on any atom is -0.439 e. The smallest absolute Gasteiger partial charge is 0.345 e. The van der Waals surface area contributed by atoms with E-state index in [0.717, 1.165) is 0 Å². The molecule has 27 heavy (non-hydrogen) atoms. The number of nitro benzene ring substituents is 1. The van der Waals surface area contributed by atoms with Gasteiger partial charge in [-0.2, -0.15) is 5.26 Å². The molecule has 3 rings (SSSR count). The van der Waals surface area contributed by atoms with Crippen molar-refractivity contribution in [1.82, 2.24) is 5.32 Å². The van der Waals surface area contributed by atoms with E-state index in [1.807, 2.05) is 0 Å². The van der Waals surface area contributed by atoms with E-state index in [4.69, 9.17) is 9.15 Å². The van der Waals surface area contributed by atoms with Gasteiger partial charge in [0.2, 0.25) is 5.88 Å². The summed E-state index contributed by atoms with van der Waals surface area (Å²) in [5, 5.41) is 23.2. The standard InChI is InChI=1S/C18H13N3O6/c1-9-6-14-15(18(23)26-9)16(11-4-3-5-12(7-11)21(24)25)20-17(27-14)13(8-19)10(2)22/h3-7,16,20H,1-2H3/b17-13+. The molecule has 1 aromatic carbocycles. The number of carbonyl (C=O) groups excluding carboxylic acids is 1. The maximum absolute atomic E-state index is 12.4. The van der Waals surface area contributed by atoms with Crippen LogP contribution in [-0.2, 0) is 4.79 Å². The van der Waals surface area contributed by atoms with Crippen molar-refractivity contribution in [3.8, 4) is 11.8 Å². The Labute approximate surface area is 152 Å². The summed E-state index contributed by atoms with van der Waals surface area (Å²) < 4.78 is 10.7. The Balaban J connectivity index is 2.26. The molecule has 0 saturated heterocycles. The van der Waals surface area contributed by atoms with E-state index in [9.17, 15) is 25.0 Å². The van der Waals surface area contributed by atoms with Crippen LogP contribution in [0.2, 0.25) is 0 Å². The number of hydrogen-bond acceptors (Lipinski definition) is 8. The predicted molar refractivity (Wildman–Crippen MR) is 91.7 cm³/mol. The number of fused-ring (bicyclic) bond motifs is 1. The molecule has 0 aliphatic carbocycles. The average Bonchev–Trinajstić information content (AvgIpc) is 2.61. The number of nitro groups is 1. The topological polar surface area (TPSA) is 135 Å². The van der Waals surface area contributed by atoms with Gasteiger partial charge in [0.05, 0.1) is 11.0 Å². The summed E-state index contributed by atoms with van der Waals surface area (Å²) in [4.78, 5) is 34.7. The maximum atomic E-state index is 12.4. The van der Waals surface area contributed by atoms with Crippen LogP contribution in [-0.4, -0.2) is 10.7 Å². The van der Waals surface area contributed by atoms with Crippen LogP contribution in [0.3, 0.4) is 0 Å². The first-order valence-corrected chi connectivity index (χ1v) is 7.80. The monoisotopic (exact) mass is 367 g/mol. The summed E-state index contributed by atoms with van der Waals surface area (Å²) >= 11 is 0. The van der Waals surface area contributed by atoms with Gasteiger partial charge in [0.25, 0.3) is 5.69 Å². The molecule has 0 spiro atoms. The first kappa shape index (κ1) is 17.9. The van der Waals surface area contributed by atoms with Crippen LogP contribution in [0.15, 0.2) is 51.0 Å². The first-order valence-electron chi connectivity index (χ1n) is 7.80. The van der Waals surface area contributed by atoms with Crippen molar-refractivity contribution in [2.45, 2.75) is 19.9 Å². The third-order valence-corrected chi connectivity index (χ3v) is 3.95. The van der Waals surface area contributed by atoms with E-state index in [-0.39, 0.29) is 34.2 Å². The Morgan fingerprint density at radius 1 is 1.37 bits per heavy atom. The number of ketones is 1. The van der Waals surface area contributed by atoms with E-state index in [0.29, 0.717) is 5.56 Å². The fraction of sp³-hybridized carbons (Fsp3) is 0.167. The highest BCUT2D eigenvalue weighted by Gasteiger charge is 2.33. The van der Waals surface area contributed by atoms with Crippen LogP contribution < -0.4 is 15.7 Å². The second kappa shape index (κ2) is 6.76. The van der Waals surface area contributed by atoms with Gasteiger partial charge in [0.1, 0.15) is 23.1 Å². The van der Waals surface area contributed by atoms with Gasteiger partial charge in [-0.05, 0) is 12.5 Å². The number of Topliss-reactive ketones (excluding diaryl/α,β-unsaturated/α-hetero) is 1. The molecule has 1 aliphatic heterocycles. The molecule has 9 nitrogen and oxygen atoms in total. The van der Waals surface area contributed by atoms with E-state index in [2.05, 4.69) is 5.32 Å². The normalized spacial score (nSPS) is 17.0. The maximum Gasteiger partial charge on any atom is 0.345 e. The number of rotatable bonds is 3. The highest BCUT2D eigenvalue weighted by Crippen LogP contribution is 2.35. The van der Waals surface area contributed by atoms with Crippen molar-refractivity contribution in [3.63, 3.8) is 0 Å². The van der Waals surface area contributed by atoms with Gasteiger partial charge >= 0.3 is 5.63 Å². The van der Waals surface area contributed by atoms with Crippen LogP contribution in [0.4, 0.5) is 5.69 Å². The molecule has 0 bridgehead atoms. The van der Waals surface area contributed by atoms with E-state index >= 15 is 0 Å². The Hall–Kier alpha value is -3.93. The Morgan fingerprint density at radius 2 is 2.11 bits per heavy atom. The lowest BCUT2D eigenvalue weighted by atomic mass is 9.97. The van der Waals surface area contributed by atoms with Gasteiger partial charge < -0.3 is 14.5 Å². The Kier molecular flexibility index (Phi) is 4.48. The van der Waals surface area contributed by atoms with Crippen molar-refractivity contribution in [2.24, 2.45) is 0 Å². The van der Waals surface area contributed by atoms with Crippen molar-refractivity contribution in [2.75, 3.05) is 0 Å². The third kappa shape index (κ3) is 3.28. The number of nitrogens with zero attached hydrogens (tertiary/aromatic N) is 2. The first-order chi connectivity index (χ1) is 12.8. The van der Waals surface area contributed by atoms with Crippen LogP contribution in [0, 0.1) is 28.4 Å². The Bertz CT molecular complexity index is 1090. The molecule has 0 fully saturated rings. The second-order valence-corrected chi connectivity index (χ2v) is 5.83. The zero-order valence-electron chi connectivity index (χ0n) is 14.3. The summed E-state index contributed by atoms with van der Waals surface area (Å²) in [5.74, 6) is -0.262. The van der Waals surface area contributed by atoms with Crippen LogP contribution in [0.25, 0.3) is 0 Å². The molecule has 1 aliphatic rings. The minimum absolute atomic E-state index is 0.0886. The lowest BCUT2D eigenvalue weighted by Crippen LogP contribution is -2.35. The van der Waals surface area contributed by atoms with Gasteiger partial charge in [-0.25, -0.2) is 4.79 Å². The number of benzene rings is 1. The zero-order chi connectivity index (χ0) is 19.7. The highest BCUT2D eigenvalue weighted by atomic mass is 16.6. The molecule has 1 aromatic heterocycles. The molecule has 2 aromatic rings. The van der Waals surface area contributed by atoms with Crippen molar-refractivity contribution >= 4 is 11.5 Å². The lowest BCUT2D eigenvalue weighted by Gasteiger charge is -2.29. The molecule has 9 heteroatoms. The third-order valence-electron chi connectivity index (χ3n) is 3.95. The summed E-state index contributed by atoms with van der Waals surface area (Å²) in [7, 11) is 0. The van der Waals surface area contributed by atoms with Gasteiger partial charge in [-0.3, -0.25) is 14.9 Å². The zero-order valence-corrected chi connectivity index (χ0v) is 14.3. The molecular formula is C18H13N3O6. The molecule has 1 atom stereocenters. The summed E-state index contributed by atoms with van der Waals surface area (Å²) in [5.41, 5.74) is -0.651.